The molecule has 3 rings (SSSR count). The van der Waals surface area contributed by atoms with E-state index in [1.165, 1.54) is 0 Å². The van der Waals surface area contributed by atoms with E-state index in [9.17, 15) is 8.42 Å². The molecule has 0 radical (unpaired) electrons. The third kappa shape index (κ3) is 2.50. The highest BCUT2D eigenvalue weighted by molar-refractivity contribution is 7.89. The second-order valence-electron chi connectivity index (χ2n) is 6.11. The molecule has 1 saturated heterocycles. The third-order valence-corrected chi connectivity index (χ3v) is 7.00. The van der Waals surface area contributed by atoms with Gasteiger partial charge in [0, 0.05) is 26.2 Å². The molecule has 21 heavy (non-hydrogen) atoms. The van der Waals surface area contributed by atoms with Crippen molar-refractivity contribution in [2.75, 3.05) is 13.1 Å². The van der Waals surface area contributed by atoms with Crippen molar-refractivity contribution in [1.29, 1.82) is 0 Å². The Hall–Kier alpha value is -0.630. The van der Waals surface area contributed by atoms with E-state index in [1.54, 1.807) is 29.9 Å². The van der Waals surface area contributed by atoms with Gasteiger partial charge in [-0.3, -0.25) is 4.68 Å². The van der Waals surface area contributed by atoms with Crippen molar-refractivity contribution in [3.63, 3.8) is 0 Å². The Morgan fingerprint density at radius 2 is 1.90 bits per heavy atom. The van der Waals surface area contributed by atoms with Crippen LogP contribution in [0.15, 0.2) is 4.90 Å². The molecule has 0 spiro atoms. The maximum absolute atomic E-state index is 12.9. The Balaban J connectivity index is 0.00000161. The fraction of sp³-hybridized carbons (Fsp3) is 0.769. The number of hydrogen-bond acceptors (Lipinski definition) is 4. The van der Waals surface area contributed by atoms with Gasteiger partial charge in [-0.2, -0.15) is 9.40 Å². The number of hydrogen-bond donors (Lipinski definition) is 1. The van der Waals surface area contributed by atoms with Crippen molar-refractivity contribution in [2.45, 2.75) is 37.6 Å². The summed E-state index contributed by atoms with van der Waals surface area (Å²) in [6.07, 6.45) is 2.07. The maximum Gasteiger partial charge on any atom is 0.246 e. The number of nitrogens with two attached hydrogens (primary N) is 1. The van der Waals surface area contributed by atoms with Gasteiger partial charge in [-0.15, -0.1) is 12.4 Å². The van der Waals surface area contributed by atoms with Gasteiger partial charge >= 0.3 is 0 Å². The average Bonchev–Trinajstić information content (AvgIpc) is 2.98. The minimum atomic E-state index is -3.45. The number of halogens is 1. The van der Waals surface area contributed by atoms with E-state index in [2.05, 4.69) is 5.10 Å². The van der Waals surface area contributed by atoms with Crippen molar-refractivity contribution >= 4 is 22.4 Å². The second-order valence-corrected chi connectivity index (χ2v) is 7.99. The molecule has 1 aliphatic carbocycles. The van der Waals surface area contributed by atoms with Crippen LogP contribution in [0.4, 0.5) is 0 Å². The fourth-order valence-electron chi connectivity index (χ4n) is 3.72. The number of aryl methyl sites for hydroxylation is 2. The molecule has 1 aromatic rings. The summed E-state index contributed by atoms with van der Waals surface area (Å²) in [6, 6.07) is 0.149. The normalized spacial score (nSPS) is 29.4. The molecule has 0 amide bonds. The summed E-state index contributed by atoms with van der Waals surface area (Å²) in [5.41, 5.74) is 7.36. The molecule has 2 N–H and O–H groups in total. The molecule has 1 aromatic heterocycles. The molecule has 0 bridgehead atoms. The van der Waals surface area contributed by atoms with Crippen LogP contribution >= 0.6 is 12.4 Å². The van der Waals surface area contributed by atoms with Crippen LogP contribution in [-0.4, -0.2) is 41.6 Å². The molecule has 3 atom stereocenters. The first-order valence-corrected chi connectivity index (χ1v) is 8.52. The summed E-state index contributed by atoms with van der Waals surface area (Å²) in [7, 11) is -1.68. The van der Waals surface area contributed by atoms with Crippen LogP contribution in [0, 0.1) is 25.7 Å². The summed E-state index contributed by atoms with van der Waals surface area (Å²) in [5.74, 6) is 0.749. The first-order valence-electron chi connectivity index (χ1n) is 7.08. The number of sulfonamides is 1. The zero-order valence-electron chi connectivity index (χ0n) is 12.6. The molecule has 120 valence electrons. The Kier molecular flexibility index (Phi) is 4.41. The van der Waals surface area contributed by atoms with E-state index < -0.39 is 10.0 Å². The summed E-state index contributed by atoms with van der Waals surface area (Å²) in [4.78, 5) is 0.369. The maximum atomic E-state index is 12.9. The SMILES string of the molecule is Cc1nn(C)c(C)c1S(=O)(=O)N1CC2CCC(N)C2C1.Cl. The van der Waals surface area contributed by atoms with Crippen LogP contribution in [0.5, 0.6) is 0 Å². The second kappa shape index (κ2) is 5.53. The Bertz CT molecular complexity index is 643. The lowest BCUT2D eigenvalue weighted by Crippen LogP contribution is -2.34. The Labute approximate surface area is 132 Å². The largest absolute Gasteiger partial charge is 0.327 e. The van der Waals surface area contributed by atoms with Crippen molar-refractivity contribution in [1.82, 2.24) is 14.1 Å². The van der Waals surface area contributed by atoms with Gasteiger partial charge in [0.2, 0.25) is 10.0 Å². The van der Waals surface area contributed by atoms with E-state index in [0.717, 1.165) is 12.8 Å². The zero-order chi connectivity index (χ0) is 14.7. The molecule has 1 saturated carbocycles. The van der Waals surface area contributed by atoms with Gasteiger partial charge in [-0.1, -0.05) is 0 Å². The third-order valence-electron chi connectivity index (χ3n) is 4.92. The molecule has 2 heterocycles. The van der Waals surface area contributed by atoms with E-state index in [-0.39, 0.29) is 18.4 Å². The van der Waals surface area contributed by atoms with Crippen LogP contribution < -0.4 is 5.73 Å². The summed E-state index contributed by atoms with van der Waals surface area (Å²) < 4.78 is 29.0. The van der Waals surface area contributed by atoms with Gasteiger partial charge in [0.05, 0.1) is 11.4 Å². The van der Waals surface area contributed by atoms with Crippen LogP contribution in [0.2, 0.25) is 0 Å². The van der Waals surface area contributed by atoms with Gasteiger partial charge < -0.3 is 5.73 Å². The fourth-order valence-corrected chi connectivity index (χ4v) is 5.65. The Morgan fingerprint density at radius 1 is 1.24 bits per heavy atom. The van der Waals surface area contributed by atoms with Gasteiger partial charge in [-0.25, -0.2) is 8.42 Å². The smallest absolute Gasteiger partial charge is 0.246 e. The van der Waals surface area contributed by atoms with Gasteiger partial charge in [-0.05, 0) is 38.5 Å². The predicted octanol–water partition coefficient (Wildman–Crippen LogP) is 0.817. The van der Waals surface area contributed by atoms with E-state index in [4.69, 9.17) is 5.73 Å². The number of fused-ring (bicyclic) bond motifs is 1. The quantitative estimate of drug-likeness (QED) is 0.868. The Morgan fingerprint density at radius 3 is 2.43 bits per heavy atom. The van der Waals surface area contributed by atoms with E-state index >= 15 is 0 Å². The molecular weight excluding hydrogens is 312 g/mol. The number of nitrogens with zero attached hydrogens (tertiary/aromatic N) is 3. The minimum Gasteiger partial charge on any atom is -0.327 e. The van der Waals surface area contributed by atoms with Gasteiger partial charge in [0.1, 0.15) is 4.90 Å². The minimum absolute atomic E-state index is 0. The number of aromatic nitrogens is 2. The highest BCUT2D eigenvalue weighted by atomic mass is 35.5. The first kappa shape index (κ1) is 16.7. The first-order chi connectivity index (χ1) is 9.32. The average molecular weight is 335 g/mol. The highest BCUT2D eigenvalue weighted by Crippen LogP contribution is 2.39. The van der Waals surface area contributed by atoms with Gasteiger partial charge in [0.25, 0.3) is 0 Å². The van der Waals surface area contributed by atoms with Crippen molar-refractivity contribution in [2.24, 2.45) is 24.6 Å². The lowest BCUT2D eigenvalue weighted by Gasteiger charge is -2.18. The molecule has 6 nitrogen and oxygen atoms in total. The number of rotatable bonds is 2. The molecule has 3 unspecified atom stereocenters. The summed E-state index contributed by atoms with van der Waals surface area (Å²) in [5, 5.41) is 4.22. The molecular formula is C13H23ClN4O2S. The van der Waals surface area contributed by atoms with Crippen LogP contribution in [-0.2, 0) is 17.1 Å². The monoisotopic (exact) mass is 334 g/mol. The topological polar surface area (TPSA) is 81.2 Å². The lowest BCUT2D eigenvalue weighted by atomic mass is 9.98. The van der Waals surface area contributed by atoms with Crippen LogP contribution in [0.3, 0.4) is 0 Å². The van der Waals surface area contributed by atoms with Crippen LogP contribution in [0.25, 0.3) is 0 Å². The van der Waals surface area contributed by atoms with Gasteiger partial charge in [0.15, 0.2) is 0 Å². The van der Waals surface area contributed by atoms with Crippen molar-refractivity contribution < 1.29 is 8.42 Å². The van der Waals surface area contributed by atoms with Crippen LogP contribution in [0.1, 0.15) is 24.2 Å². The molecule has 8 heteroatoms. The molecule has 1 aliphatic heterocycles. The predicted molar refractivity (Wildman–Crippen MR) is 82.9 cm³/mol. The van der Waals surface area contributed by atoms with E-state index in [0.29, 0.717) is 41.2 Å². The van der Waals surface area contributed by atoms with E-state index in [1.807, 2.05) is 0 Å². The van der Waals surface area contributed by atoms with Crippen molar-refractivity contribution in [3.8, 4) is 0 Å². The lowest BCUT2D eigenvalue weighted by molar-refractivity contribution is 0.426. The molecule has 0 aromatic carbocycles. The van der Waals surface area contributed by atoms with Crippen molar-refractivity contribution in [3.05, 3.63) is 11.4 Å². The highest BCUT2D eigenvalue weighted by Gasteiger charge is 2.46. The summed E-state index contributed by atoms with van der Waals surface area (Å²) in [6.45, 7) is 4.72. The summed E-state index contributed by atoms with van der Waals surface area (Å²) >= 11 is 0. The zero-order valence-corrected chi connectivity index (χ0v) is 14.2. The standard InChI is InChI=1S/C13H22N4O2S.ClH/c1-8-13(9(2)16(3)15-8)20(18,19)17-6-10-4-5-12(14)11(10)7-17;/h10-12H,4-7,14H2,1-3H3;1H. The molecule has 2 fully saturated rings. The molecule has 2 aliphatic rings.